The number of hydrogen-bond acceptors (Lipinski definition) is 2. The van der Waals surface area contributed by atoms with Gasteiger partial charge in [0.2, 0.25) is 5.91 Å². The molecule has 0 aliphatic heterocycles. The summed E-state index contributed by atoms with van der Waals surface area (Å²) < 4.78 is 14.8. The average Bonchev–Trinajstić information content (AvgIpc) is 2.90. The molecule has 3 rings (SSSR count). The zero-order chi connectivity index (χ0) is 15.4. The van der Waals surface area contributed by atoms with E-state index in [1.165, 1.54) is 12.3 Å². The quantitative estimate of drug-likeness (QED) is 0.786. The van der Waals surface area contributed by atoms with E-state index >= 15 is 0 Å². The van der Waals surface area contributed by atoms with Crippen LogP contribution >= 0.6 is 0 Å². The summed E-state index contributed by atoms with van der Waals surface area (Å²) in [6, 6.07) is 12.6. The summed E-state index contributed by atoms with van der Waals surface area (Å²) in [6.45, 7) is 0.512. The Morgan fingerprint density at radius 2 is 1.95 bits per heavy atom. The van der Waals surface area contributed by atoms with Crippen LogP contribution in [0.15, 0.2) is 54.9 Å². The highest BCUT2D eigenvalue weighted by Crippen LogP contribution is 2.07. The van der Waals surface area contributed by atoms with Gasteiger partial charge in [-0.05, 0) is 17.7 Å². The molecule has 0 unspecified atom stereocenters. The first kappa shape index (κ1) is 14.3. The van der Waals surface area contributed by atoms with E-state index in [-0.39, 0.29) is 11.7 Å². The second-order valence-corrected chi connectivity index (χ2v) is 5.11. The Bertz CT molecular complexity index is 783. The summed E-state index contributed by atoms with van der Waals surface area (Å²) in [5.74, 6) is -0.311. The van der Waals surface area contributed by atoms with Crippen LogP contribution in [0, 0.1) is 5.82 Å². The fourth-order valence-corrected chi connectivity index (χ4v) is 2.31. The Morgan fingerprint density at radius 3 is 2.77 bits per heavy atom. The van der Waals surface area contributed by atoms with Gasteiger partial charge in [-0.25, -0.2) is 9.37 Å². The number of carbonyl (C=O) groups excluding carboxylic acids is 1. The molecule has 0 bridgehead atoms. The van der Waals surface area contributed by atoms with Gasteiger partial charge in [0.1, 0.15) is 11.5 Å². The van der Waals surface area contributed by atoms with Crippen molar-refractivity contribution in [3.05, 3.63) is 71.9 Å². The van der Waals surface area contributed by atoms with Gasteiger partial charge >= 0.3 is 0 Å². The molecular formula is C17H16FN3O. The molecule has 2 aromatic heterocycles. The molecule has 0 aliphatic rings. The fraction of sp³-hybridized carbons (Fsp3) is 0.176. The maximum absolute atomic E-state index is 13.1. The molecule has 0 spiro atoms. The predicted molar refractivity (Wildman–Crippen MR) is 82.0 cm³/mol. The van der Waals surface area contributed by atoms with Crippen LogP contribution in [-0.4, -0.2) is 21.8 Å². The summed E-state index contributed by atoms with van der Waals surface area (Å²) in [6.07, 6.45) is 4.16. The van der Waals surface area contributed by atoms with Crippen LogP contribution in [0.25, 0.3) is 5.65 Å². The van der Waals surface area contributed by atoms with Crippen molar-refractivity contribution in [2.75, 3.05) is 6.54 Å². The van der Waals surface area contributed by atoms with E-state index in [1.54, 1.807) is 16.7 Å². The minimum Gasteiger partial charge on any atom is -0.355 e. The van der Waals surface area contributed by atoms with Gasteiger partial charge in [0, 0.05) is 25.4 Å². The SMILES string of the molecule is O=C(Cc1ccccc1)NCCc1cn2cc(F)ccc2n1. The number of nitrogens with zero attached hydrogens (tertiary/aromatic N) is 2. The zero-order valence-corrected chi connectivity index (χ0v) is 12.0. The van der Waals surface area contributed by atoms with Crippen molar-refractivity contribution in [3.63, 3.8) is 0 Å². The van der Waals surface area contributed by atoms with Crippen LogP contribution in [-0.2, 0) is 17.6 Å². The molecule has 1 amide bonds. The van der Waals surface area contributed by atoms with E-state index < -0.39 is 0 Å². The van der Waals surface area contributed by atoms with Crippen molar-refractivity contribution in [1.29, 1.82) is 0 Å². The van der Waals surface area contributed by atoms with Crippen LogP contribution in [0.1, 0.15) is 11.3 Å². The lowest BCUT2D eigenvalue weighted by Crippen LogP contribution is -2.27. The van der Waals surface area contributed by atoms with Crippen molar-refractivity contribution < 1.29 is 9.18 Å². The van der Waals surface area contributed by atoms with E-state index in [0.29, 0.717) is 25.0 Å². The monoisotopic (exact) mass is 297 g/mol. The summed E-state index contributed by atoms with van der Waals surface area (Å²) in [5.41, 5.74) is 2.51. The summed E-state index contributed by atoms with van der Waals surface area (Å²) >= 11 is 0. The molecule has 1 aromatic carbocycles. The number of rotatable bonds is 5. The lowest BCUT2D eigenvalue weighted by molar-refractivity contribution is -0.120. The number of fused-ring (bicyclic) bond motifs is 1. The minimum absolute atomic E-state index is 0.0130. The maximum Gasteiger partial charge on any atom is 0.224 e. The average molecular weight is 297 g/mol. The van der Waals surface area contributed by atoms with E-state index in [1.807, 2.05) is 30.3 Å². The van der Waals surface area contributed by atoms with Crippen molar-refractivity contribution in [1.82, 2.24) is 14.7 Å². The van der Waals surface area contributed by atoms with Gasteiger partial charge in [0.05, 0.1) is 12.1 Å². The van der Waals surface area contributed by atoms with Gasteiger partial charge in [0.15, 0.2) is 0 Å². The molecule has 1 N–H and O–H groups in total. The Kier molecular flexibility index (Phi) is 4.14. The first-order valence-corrected chi connectivity index (χ1v) is 7.14. The molecule has 0 aliphatic carbocycles. The van der Waals surface area contributed by atoms with E-state index in [4.69, 9.17) is 0 Å². The van der Waals surface area contributed by atoms with E-state index in [9.17, 15) is 9.18 Å². The van der Waals surface area contributed by atoms with Crippen LogP contribution in [0.5, 0.6) is 0 Å². The van der Waals surface area contributed by atoms with Gasteiger partial charge in [-0.1, -0.05) is 30.3 Å². The molecule has 0 saturated carbocycles. The molecule has 5 heteroatoms. The zero-order valence-electron chi connectivity index (χ0n) is 12.0. The minimum atomic E-state index is -0.299. The molecule has 3 aromatic rings. The molecule has 0 atom stereocenters. The van der Waals surface area contributed by atoms with Gasteiger partial charge < -0.3 is 9.72 Å². The van der Waals surface area contributed by atoms with E-state index in [0.717, 1.165) is 11.3 Å². The number of aromatic nitrogens is 2. The highest BCUT2D eigenvalue weighted by molar-refractivity contribution is 5.78. The second kappa shape index (κ2) is 6.39. The third-order valence-electron chi connectivity index (χ3n) is 3.38. The normalized spacial score (nSPS) is 10.8. The van der Waals surface area contributed by atoms with Gasteiger partial charge in [0.25, 0.3) is 0 Å². The number of pyridine rings is 1. The predicted octanol–water partition coefficient (Wildman–Crippen LogP) is 2.37. The number of hydrogen-bond donors (Lipinski definition) is 1. The third-order valence-corrected chi connectivity index (χ3v) is 3.38. The molecule has 0 saturated heterocycles. The number of nitrogens with one attached hydrogen (secondary N) is 1. The van der Waals surface area contributed by atoms with Crippen molar-refractivity contribution in [2.45, 2.75) is 12.8 Å². The summed E-state index contributed by atoms with van der Waals surface area (Å²) in [5, 5.41) is 2.87. The maximum atomic E-state index is 13.1. The highest BCUT2D eigenvalue weighted by Gasteiger charge is 2.05. The highest BCUT2D eigenvalue weighted by atomic mass is 19.1. The Balaban J connectivity index is 1.52. The van der Waals surface area contributed by atoms with Crippen molar-refractivity contribution >= 4 is 11.6 Å². The second-order valence-electron chi connectivity index (χ2n) is 5.11. The summed E-state index contributed by atoms with van der Waals surface area (Å²) in [7, 11) is 0. The lowest BCUT2D eigenvalue weighted by Gasteiger charge is -2.03. The standard InChI is InChI=1S/C17H16FN3O/c18-14-6-7-16-20-15(12-21(16)11-14)8-9-19-17(22)10-13-4-2-1-3-5-13/h1-7,11-12H,8-10H2,(H,19,22). The van der Waals surface area contributed by atoms with Crippen LogP contribution in [0.4, 0.5) is 4.39 Å². The van der Waals surface area contributed by atoms with Crippen LogP contribution < -0.4 is 5.32 Å². The molecule has 22 heavy (non-hydrogen) atoms. The van der Waals surface area contributed by atoms with Gasteiger partial charge in [-0.2, -0.15) is 0 Å². The number of carbonyl (C=O) groups is 1. The van der Waals surface area contributed by atoms with Gasteiger partial charge in [-0.3, -0.25) is 4.79 Å². The molecule has 4 nitrogen and oxygen atoms in total. The number of imidazole rings is 1. The molecule has 112 valence electrons. The Morgan fingerprint density at radius 1 is 1.14 bits per heavy atom. The Labute approximate surface area is 127 Å². The number of halogens is 1. The molecular weight excluding hydrogens is 281 g/mol. The first-order chi connectivity index (χ1) is 10.7. The smallest absolute Gasteiger partial charge is 0.224 e. The van der Waals surface area contributed by atoms with Gasteiger partial charge in [-0.15, -0.1) is 0 Å². The van der Waals surface area contributed by atoms with Crippen molar-refractivity contribution in [2.24, 2.45) is 0 Å². The summed E-state index contributed by atoms with van der Waals surface area (Å²) in [4.78, 5) is 16.2. The van der Waals surface area contributed by atoms with Crippen LogP contribution in [0.3, 0.4) is 0 Å². The largest absolute Gasteiger partial charge is 0.355 e. The molecule has 2 heterocycles. The first-order valence-electron chi connectivity index (χ1n) is 7.14. The lowest BCUT2D eigenvalue weighted by atomic mass is 10.1. The topological polar surface area (TPSA) is 46.4 Å². The number of amides is 1. The third kappa shape index (κ3) is 3.49. The number of benzene rings is 1. The molecule has 0 radical (unpaired) electrons. The van der Waals surface area contributed by atoms with E-state index in [2.05, 4.69) is 10.3 Å². The van der Waals surface area contributed by atoms with Crippen molar-refractivity contribution in [3.8, 4) is 0 Å². The Hall–Kier alpha value is -2.69. The van der Waals surface area contributed by atoms with Crippen LogP contribution in [0.2, 0.25) is 0 Å². The molecule has 0 fully saturated rings. The fourth-order valence-electron chi connectivity index (χ4n) is 2.31.